The first-order chi connectivity index (χ1) is 13.9. The van der Waals surface area contributed by atoms with E-state index in [0.29, 0.717) is 34.5 Å². The number of rotatable bonds is 7. The molecule has 7 heteroatoms. The quantitative estimate of drug-likeness (QED) is 0.564. The van der Waals surface area contributed by atoms with Gasteiger partial charge < -0.3 is 24.7 Å². The van der Waals surface area contributed by atoms with Crippen LogP contribution in [0.3, 0.4) is 0 Å². The lowest BCUT2D eigenvalue weighted by Crippen LogP contribution is -2.19. The Morgan fingerprint density at radius 2 is 1.97 bits per heavy atom. The molecular weight excluding hydrogens is 374 g/mol. The number of carbonyl (C=O) groups excluding carboxylic acids is 1. The molecule has 7 nitrogen and oxygen atoms in total. The van der Waals surface area contributed by atoms with Gasteiger partial charge in [-0.3, -0.25) is 4.79 Å². The van der Waals surface area contributed by atoms with Crippen LogP contribution in [-0.4, -0.2) is 42.4 Å². The molecule has 0 aliphatic carbocycles. The van der Waals surface area contributed by atoms with Crippen molar-refractivity contribution in [2.75, 3.05) is 20.3 Å². The first-order valence-corrected chi connectivity index (χ1v) is 9.31. The Bertz CT molecular complexity index is 1080. The van der Waals surface area contributed by atoms with Gasteiger partial charge in [-0.05, 0) is 42.7 Å². The number of aliphatic hydroxyl groups excluding tert-OH is 1. The summed E-state index contributed by atoms with van der Waals surface area (Å²) in [5, 5.41) is 21.9. The maximum atomic E-state index is 12.4. The average molecular weight is 397 g/mol. The maximum absolute atomic E-state index is 12.4. The van der Waals surface area contributed by atoms with Gasteiger partial charge in [-0.2, -0.15) is 0 Å². The van der Waals surface area contributed by atoms with Crippen LogP contribution in [0.15, 0.2) is 34.7 Å². The molecule has 3 N–H and O–H groups in total. The molecule has 3 rings (SSSR count). The van der Waals surface area contributed by atoms with Gasteiger partial charge >= 0.3 is 5.97 Å². The lowest BCUT2D eigenvalue weighted by atomic mass is 9.91. The number of aromatic carboxylic acids is 1. The zero-order chi connectivity index (χ0) is 21.1. The summed E-state index contributed by atoms with van der Waals surface area (Å²) in [6.45, 7) is 3.71. The van der Waals surface area contributed by atoms with E-state index < -0.39 is 11.9 Å². The van der Waals surface area contributed by atoms with E-state index >= 15 is 0 Å². The number of benzene rings is 2. The van der Waals surface area contributed by atoms with E-state index in [4.69, 9.17) is 14.3 Å². The van der Waals surface area contributed by atoms with Crippen LogP contribution in [-0.2, 0) is 6.42 Å². The van der Waals surface area contributed by atoms with Crippen molar-refractivity contribution < 1.29 is 29.0 Å². The van der Waals surface area contributed by atoms with Crippen molar-refractivity contribution in [3.8, 4) is 16.9 Å². The smallest absolute Gasteiger partial charge is 0.336 e. The van der Waals surface area contributed by atoms with Crippen LogP contribution in [0.5, 0.6) is 5.75 Å². The van der Waals surface area contributed by atoms with Gasteiger partial charge in [0.2, 0.25) is 0 Å². The Labute approximate surface area is 167 Å². The zero-order valence-electron chi connectivity index (χ0n) is 16.5. The SMILES string of the molecule is CCc1c(C(=O)O)cc(C(=O)NC)c2oc(C)c(-c3cccc(OCCO)c3)c12. The molecule has 0 spiro atoms. The van der Waals surface area contributed by atoms with Crippen LogP contribution in [0.25, 0.3) is 22.1 Å². The molecule has 0 unspecified atom stereocenters. The fraction of sp³-hybridized carbons (Fsp3) is 0.273. The normalized spacial score (nSPS) is 10.9. The molecule has 3 aromatic rings. The third-order valence-corrected chi connectivity index (χ3v) is 4.78. The van der Waals surface area contributed by atoms with Crippen molar-refractivity contribution in [2.45, 2.75) is 20.3 Å². The molecule has 0 aliphatic heterocycles. The van der Waals surface area contributed by atoms with Crippen LogP contribution in [0.1, 0.15) is 39.0 Å². The number of amides is 1. The number of nitrogens with one attached hydrogen (secondary N) is 1. The third-order valence-electron chi connectivity index (χ3n) is 4.78. The Balaban J connectivity index is 2.36. The Hall–Kier alpha value is -3.32. The number of carboxylic acid groups (broad SMARTS) is 1. The summed E-state index contributed by atoms with van der Waals surface area (Å²) in [6.07, 6.45) is 0.457. The standard InChI is InChI=1S/C22H23NO6/c1-4-15-16(22(26)27)11-17(21(25)23-3)20-19(15)18(12(2)29-20)13-6-5-7-14(10-13)28-9-8-24/h5-7,10-11,24H,4,8-9H2,1-3H3,(H,23,25)(H,26,27). The lowest BCUT2D eigenvalue weighted by molar-refractivity contribution is 0.0696. The molecule has 1 aromatic heterocycles. The zero-order valence-corrected chi connectivity index (χ0v) is 16.5. The van der Waals surface area contributed by atoms with Gasteiger partial charge in [-0.15, -0.1) is 0 Å². The number of fused-ring (bicyclic) bond motifs is 1. The second-order valence-electron chi connectivity index (χ2n) is 6.53. The molecular formula is C22H23NO6. The Morgan fingerprint density at radius 3 is 2.59 bits per heavy atom. The summed E-state index contributed by atoms with van der Waals surface area (Å²) in [7, 11) is 1.49. The van der Waals surface area contributed by atoms with Crippen molar-refractivity contribution in [1.82, 2.24) is 5.32 Å². The minimum atomic E-state index is -1.10. The van der Waals surface area contributed by atoms with Crippen LogP contribution < -0.4 is 10.1 Å². The van der Waals surface area contributed by atoms with Crippen molar-refractivity contribution in [1.29, 1.82) is 0 Å². The van der Waals surface area contributed by atoms with Gasteiger partial charge in [-0.25, -0.2) is 4.79 Å². The predicted molar refractivity (Wildman–Crippen MR) is 109 cm³/mol. The summed E-state index contributed by atoms with van der Waals surface area (Å²) in [5.41, 5.74) is 2.72. The summed E-state index contributed by atoms with van der Waals surface area (Å²) >= 11 is 0. The maximum Gasteiger partial charge on any atom is 0.336 e. The second kappa shape index (κ2) is 8.36. The van der Waals surface area contributed by atoms with E-state index in [-0.39, 0.29) is 24.3 Å². The molecule has 0 aliphatic rings. The van der Waals surface area contributed by atoms with Gasteiger partial charge in [0.1, 0.15) is 23.7 Å². The number of hydrogen-bond donors (Lipinski definition) is 3. The van der Waals surface area contributed by atoms with Crippen LogP contribution in [0.2, 0.25) is 0 Å². The minimum Gasteiger partial charge on any atom is -0.491 e. The summed E-state index contributed by atoms with van der Waals surface area (Å²) < 4.78 is 11.5. The van der Waals surface area contributed by atoms with E-state index in [2.05, 4.69) is 5.32 Å². The highest BCUT2D eigenvalue weighted by Gasteiger charge is 2.26. The fourth-order valence-corrected chi connectivity index (χ4v) is 3.57. The largest absolute Gasteiger partial charge is 0.491 e. The molecule has 0 atom stereocenters. The second-order valence-corrected chi connectivity index (χ2v) is 6.53. The fourth-order valence-electron chi connectivity index (χ4n) is 3.57. The lowest BCUT2D eigenvalue weighted by Gasteiger charge is -2.11. The number of carbonyl (C=O) groups is 2. The third kappa shape index (κ3) is 3.69. The summed E-state index contributed by atoms with van der Waals surface area (Å²) in [5.74, 6) is -0.370. The molecule has 0 radical (unpaired) electrons. The van der Waals surface area contributed by atoms with Gasteiger partial charge in [0, 0.05) is 18.0 Å². The average Bonchev–Trinajstić information content (AvgIpc) is 3.07. The highest BCUT2D eigenvalue weighted by molar-refractivity contribution is 6.13. The van der Waals surface area contributed by atoms with Crippen LogP contribution in [0, 0.1) is 6.92 Å². The first kappa shape index (κ1) is 20.4. The Morgan fingerprint density at radius 1 is 1.21 bits per heavy atom. The molecule has 0 saturated heterocycles. The van der Waals surface area contributed by atoms with Crippen molar-refractivity contribution >= 4 is 22.8 Å². The van der Waals surface area contributed by atoms with Gasteiger partial charge in [-0.1, -0.05) is 19.1 Å². The van der Waals surface area contributed by atoms with Gasteiger partial charge in [0.05, 0.1) is 17.7 Å². The van der Waals surface area contributed by atoms with E-state index in [1.54, 1.807) is 19.1 Å². The van der Waals surface area contributed by atoms with E-state index in [1.165, 1.54) is 13.1 Å². The van der Waals surface area contributed by atoms with Crippen LogP contribution in [0.4, 0.5) is 0 Å². The molecule has 0 saturated carbocycles. The molecule has 152 valence electrons. The van der Waals surface area contributed by atoms with Crippen molar-refractivity contribution in [2.24, 2.45) is 0 Å². The minimum absolute atomic E-state index is 0.0772. The van der Waals surface area contributed by atoms with E-state index in [0.717, 1.165) is 11.1 Å². The summed E-state index contributed by atoms with van der Waals surface area (Å²) in [4.78, 5) is 24.3. The molecule has 0 bridgehead atoms. The predicted octanol–water partition coefficient (Wildman–Crippen LogP) is 3.40. The summed E-state index contributed by atoms with van der Waals surface area (Å²) in [6, 6.07) is 8.63. The topological polar surface area (TPSA) is 109 Å². The number of aryl methyl sites for hydroxylation is 2. The van der Waals surface area contributed by atoms with Crippen LogP contribution >= 0.6 is 0 Å². The number of furan rings is 1. The molecule has 1 heterocycles. The number of ether oxygens (including phenoxy) is 1. The molecule has 0 fully saturated rings. The Kier molecular flexibility index (Phi) is 5.89. The highest BCUT2D eigenvalue weighted by Crippen LogP contribution is 2.40. The van der Waals surface area contributed by atoms with Gasteiger partial charge in [0.25, 0.3) is 5.91 Å². The van der Waals surface area contributed by atoms with Gasteiger partial charge in [0.15, 0.2) is 0 Å². The highest BCUT2D eigenvalue weighted by atomic mass is 16.5. The first-order valence-electron chi connectivity index (χ1n) is 9.31. The monoisotopic (exact) mass is 397 g/mol. The van der Waals surface area contributed by atoms with Crippen molar-refractivity contribution in [3.63, 3.8) is 0 Å². The van der Waals surface area contributed by atoms with Crippen molar-refractivity contribution in [3.05, 3.63) is 52.8 Å². The number of carboxylic acids is 1. The van der Waals surface area contributed by atoms with E-state index in [1.807, 2.05) is 19.1 Å². The van der Waals surface area contributed by atoms with E-state index in [9.17, 15) is 14.7 Å². The molecule has 29 heavy (non-hydrogen) atoms. The molecule has 2 aromatic carbocycles. The number of aliphatic hydroxyl groups is 1. The number of hydrogen-bond acceptors (Lipinski definition) is 5. The molecule has 1 amide bonds.